The number of aliphatic carboxylic acids is 1. The molecule has 2 N–H and O–H groups in total. The molecule has 0 saturated carbocycles. The highest BCUT2D eigenvalue weighted by Crippen LogP contribution is 2.19. The number of likely N-dealkylation sites (N-methyl/N-ethyl adjacent to an activating group) is 1. The lowest BCUT2D eigenvalue weighted by atomic mass is 10.0. The van der Waals surface area contributed by atoms with E-state index in [4.69, 9.17) is 9.84 Å². The Balaban J connectivity index is 2.23. The first-order chi connectivity index (χ1) is 7.83. The first-order valence-corrected chi connectivity index (χ1v) is 6.09. The third-order valence-electron chi connectivity index (χ3n) is 3.52. The summed E-state index contributed by atoms with van der Waals surface area (Å²) in [6.45, 7) is 5.91. The van der Waals surface area contributed by atoms with Crippen molar-refractivity contribution in [2.24, 2.45) is 0 Å². The molecule has 0 amide bonds. The van der Waals surface area contributed by atoms with Crippen LogP contribution in [0, 0.1) is 0 Å². The molecule has 1 fully saturated rings. The molecular formula is C12H24N2O3. The van der Waals surface area contributed by atoms with Gasteiger partial charge in [-0.15, -0.1) is 0 Å². The first kappa shape index (κ1) is 14.4. The Morgan fingerprint density at radius 1 is 1.47 bits per heavy atom. The fourth-order valence-electron chi connectivity index (χ4n) is 1.73. The van der Waals surface area contributed by atoms with Gasteiger partial charge in [0.15, 0.2) is 6.10 Å². The molecule has 2 atom stereocenters. The molecular weight excluding hydrogens is 220 g/mol. The zero-order valence-corrected chi connectivity index (χ0v) is 11.2. The maximum Gasteiger partial charge on any atom is 0.332 e. The van der Waals surface area contributed by atoms with Gasteiger partial charge in [-0.2, -0.15) is 0 Å². The Morgan fingerprint density at radius 3 is 2.59 bits per heavy atom. The molecule has 0 aromatic carbocycles. The van der Waals surface area contributed by atoms with Crippen molar-refractivity contribution in [3.63, 3.8) is 0 Å². The van der Waals surface area contributed by atoms with Crippen LogP contribution < -0.4 is 5.32 Å². The third-order valence-corrected chi connectivity index (χ3v) is 3.52. The summed E-state index contributed by atoms with van der Waals surface area (Å²) in [7, 11) is 4.10. The summed E-state index contributed by atoms with van der Waals surface area (Å²) in [5, 5.41) is 12.2. The third kappa shape index (κ3) is 4.26. The van der Waals surface area contributed by atoms with Gasteiger partial charge in [0, 0.05) is 18.6 Å². The number of carboxylic acid groups (broad SMARTS) is 1. The van der Waals surface area contributed by atoms with E-state index in [1.54, 1.807) is 0 Å². The van der Waals surface area contributed by atoms with Crippen LogP contribution in [0.25, 0.3) is 0 Å². The van der Waals surface area contributed by atoms with Crippen molar-refractivity contribution in [3.8, 4) is 0 Å². The van der Waals surface area contributed by atoms with Crippen LogP contribution in [-0.4, -0.2) is 60.9 Å². The van der Waals surface area contributed by atoms with E-state index in [-0.39, 0.29) is 11.6 Å². The monoisotopic (exact) mass is 244 g/mol. The van der Waals surface area contributed by atoms with Crippen LogP contribution >= 0.6 is 0 Å². The number of ether oxygens (including phenoxy) is 1. The van der Waals surface area contributed by atoms with E-state index in [1.165, 1.54) is 0 Å². The molecule has 100 valence electrons. The van der Waals surface area contributed by atoms with Crippen LogP contribution in [0.3, 0.4) is 0 Å². The van der Waals surface area contributed by atoms with Crippen LogP contribution in [-0.2, 0) is 9.53 Å². The standard InChI is InChI=1S/C12H24N2O3/c1-12(2,14(3)4)8-13-7-9-5-6-10(17-9)11(15)16/h9-10,13H,5-8H2,1-4H3,(H,15,16). The van der Waals surface area contributed by atoms with Crippen molar-refractivity contribution >= 4 is 5.97 Å². The van der Waals surface area contributed by atoms with E-state index in [2.05, 4.69) is 24.1 Å². The predicted octanol–water partition coefficient (Wildman–Crippen LogP) is 0.548. The second-order valence-electron chi connectivity index (χ2n) is 5.50. The minimum atomic E-state index is -0.846. The zero-order chi connectivity index (χ0) is 13.1. The average Bonchev–Trinajstić information content (AvgIpc) is 2.66. The molecule has 1 aliphatic rings. The Hall–Kier alpha value is -0.650. The predicted molar refractivity (Wildman–Crippen MR) is 66.2 cm³/mol. The smallest absolute Gasteiger partial charge is 0.332 e. The van der Waals surface area contributed by atoms with Crippen molar-refractivity contribution in [1.29, 1.82) is 0 Å². The lowest BCUT2D eigenvalue weighted by Crippen LogP contribution is -2.48. The van der Waals surface area contributed by atoms with Crippen molar-refractivity contribution in [2.75, 3.05) is 27.2 Å². The molecule has 2 unspecified atom stereocenters. The first-order valence-electron chi connectivity index (χ1n) is 6.09. The maximum atomic E-state index is 10.7. The summed E-state index contributed by atoms with van der Waals surface area (Å²) in [6, 6.07) is 0. The van der Waals surface area contributed by atoms with Crippen molar-refractivity contribution in [3.05, 3.63) is 0 Å². The molecule has 5 heteroatoms. The molecule has 5 nitrogen and oxygen atoms in total. The molecule has 1 rings (SSSR count). The molecule has 0 radical (unpaired) electrons. The van der Waals surface area contributed by atoms with E-state index in [0.29, 0.717) is 6.42 Å². The van der Waals surface area contributed by atoms with Crippen molar-refractivity contribution in [1.82, 2.24) is 10.2 Å². The normalized spacial score (nSPS) is 25.5. The molecule has 17 heavy (non-hydrogen) atoms. The minimum Gasteiger partial charge on any atom is -0.479 e. The summed E-state index contributed by atoms with van der Waals surface area (Å²) in [5.74, 6) is -0.846. The average molecular weight is 244 g/mol. The fourth-order valence-corrected chi connectivity index (χ4v) is 1.73. The van der Waals surface area contributed by atoms with Gasteiger partial charge >= 0.3 is 5.97 Å². The molecule has 0 aromatic rings. The van der Waals surface area contributed by atoms with Crippen LogP contribution in [0.1, 0.15) is 26.7 Å². The highest BCUT2D eigenvalue weighted by atomic mass is 16.5. The fraction of sp³-hybridized carbons (Fsp3) is 0.917. The van der Waals surface area contributed by atoms with Gasteiger partial charge in [-0.1, -0.05) is 0 Å². The topological polar surface area (TPSA) is 61.8 Å². The number of carbonyl (C=O) groups is 1. The van der Waals surface area contributed by atoms with Crippen LogP contribution in [0.4, 0.5) is 0 Å². The SMILES string of the molecule is CN(C)C(C)(C)CNCC1CCC(C(=O)O)O1. The van der Waals surface area contributed by atoms with E-state index < -0.39 is 12.1 Å². The van der Waals surface area contributed by atoms with Gasteiger partial charge in [-0.05, 0) is 40.8 Å². The Morgan fingerprint density at radius 2 is 2.12 bits per heavy atom. The summed E-state index contributed by atoms with van der Waals surface area (Å²) >= 11 is 0. The minimum absolute atomic E-state index is 0.0362. The molecule has 0 aliphatic carbocycles. The summed E-state index contributed by atoms with van der Waals surface area (Å²) in [6.07, 6.45) is 0.878. The van der Waals surface area contributed by atoms with E-state index >= 15 is 0 Å². The van der Waals surface area contributed by atoms with Crippen molar-refractivity contribution in [2.45, 2.75) is 44.4 Å². The van der Waals surface area contributed by atoms with Crippen LogP contribution in [0.15, 0.2) is 0 Å². The number of nitrogens with one attached hydrogen (secondary N) is 1. The molecule has 0 bridgehead atoms. The molecule has 0 aromatic heterocycles. The number of rotatable bonds is 6. The molecule has 1 saturated heterocycles. The van der Waals surface area contributed by atoms with Gasteiger partial charge < -0.3 is 20.1 Å². The van der Waals surface area contributed by atoms with E-state index in [0.717, 1.165) is 19.5 Å². The Labute approximate surface area is 103 Å². The molecule has 1 heterocycles. The summed E-state index contributed by atoms with van der Waals surface area (Å²) in [5.41, 5.74) is 0.0881. The lowest BCUT2D eigenvalue weighted by molar-refractivity contribution is -0.149. The summed E-state index contributed by atoms with van der Waals surface area (Å²) < 4.78 is 5.42. The van der Waals surface area contributed by atoms with E-state index in [1.807, 2.05) is 14.1 Å². The quantitative estimate of drug-likeness (QED) is 0.714. The largest absolute Gasteiger partial charge is 0.479 e. The highest BCUT2D eigenvalue weighted by Gasteiger charge is 2.30. The van der Waals surface area contributed by atoms with Gasteiger partial charge in [0.1, 0.15) is 0 Å². The van der Waals surface area contributed by atoms with Crippen molar-refractivity contribution < 1.29 is 14.6 Å². The van der Waals surface area contributed by atoms with Gasteiger partial charge in [-0.3, -0.25) is 0 Å². The Bertz CT molecular complexity index is 266. The molecule has 1 aliphatic heterocycles. The van der Waals surface area contributed by atoms with Gasteiger partial charge in [0.25, 0.3) is 0 Å². The summed E-state index contributed by atoms with van der Waals surface area (Å²) in [4.78, 5) is 12.9. The molecule has 0 spiro atoms. The van der Waals surface area contributed by atoms with Gasteiger partial charge in [-0.25, -0.2) is 4.79 Å². The van der Waals surface area contributed by atoms with Gasteiger partial charge in [0.2, 0.25) is 0 Å². The lowest BCUT2D eigenvalue weighted by Gasteiger charge is -2.33. The van der Waals surface area contributed by atoms with E-state index in [9.17, 15) is 4.79 Å². The number of hydrogen-bond acceptors (Lipinski definition) is 4. The number of hydrogen-bond donors (Lipinski definition) is 2. The van der Waals surface area contributed by atoms with Gasteiger partial charge in [0.05, 0.1) is 6.10 Å². The number of carboxylic acids is 1. The number of nitrogens with zero attached hydrogens (tertiary/aromatic N) is 1. The maximum absolute atomic E-state index is 10.7. The van der Waals surface area contributed by atoms with Crippen LogP contribution in [0.2, 0.25) is 0 Å². The highest BCUT2D eigenvalue weighted by molar-refractivity contribution is 5.72. The Kier molecular flexibility index (Phi) is 4.91. The second-order valence-corrected chi connectivity index (χ2v) is 5.50. The zero-order valence-electron chi connectivity index (χ0n) is 11.2. The van der Waals surface area contributed by atoms with Crippen LogP contribution in [0.5, 0.6) is 0 Å². The second kappa shape index (κ2) is 5.80.